The van der Waals surface area contributed by atoms with Gasteiger partial charge in [0.15, 0.2) is 6.61 Å². The largest absolute Gasteiger partial charge is 0.452 e. The van der Waals surface area contributed by atoms with Crippen molar-refractivity contribution in [3.63, 3.8) is 0 Å². The van der Waals surface area contributed by atoms with Crippen LogP contribution in [0, 0.1) is 0 Å². The molecule has 0 amide bonds. The molecule has 6 nitrogen and oxygen atoms in total. The van der Waals surface area contributed by atoms with Crippen LogP contribution >= 0.6 is 11.8 Å². The molecule has 2 aromatic carbocycles. The van der Waals surface area contributed by atoms with Crippen molar-refractivity contribution in [2.45, 2.75) is 38.2 Å². The molecule has 0 atom stereocenters. The molecule has 0 unspecified atom stereocenters. The Morgan fingerprint density at radius 1 is 1.10 bits per heavy atom. The molecule has 3 rings (SSSR count). The molecule has 3 aromatic rings. The summed E-state index contributed by atoms with van der Waals surface area (Å²) in [5, 5.41) is 3.96. The number of ketones is 1. The zero-order chi connectivity index (χ0) is 20.8. The molecule has 1 heterocycles. The van der Waals surface area contributed by atoms with Crippen molar-refractivity contribution in [2.24, 2.45) is 0 Å². The summed E-state index contributed by atoms with van der Waals surface area (Å²) < 4.78 is 10.5. The van der Waals surface area contributed by atoms with E-state index in [1.165, 1.54) is 24.2 Å². The molecule has 0 N–H and O–H groups in total. The lowest BCUT2D eigenvalue weighted by Gasteiger charge is -2.07. The number of nitrogens with zero attached hydrogens (tertiary/aromatic N) is 2. The highest BCUT2D eigenvalue weighted by Crippen LogP contribution is 2.24. The maximum absolute atomic E-state index is 12.5. The summed E-state index contributed by atoms with van der Waals surface area (Å²) in [5.74, 6) is 0.947. The average molecular weight is 410 g/mol. The summed E-state index contributed by atoms with van der Waals surface area (Å²) in [6.45, 7) is 5.65. The smallest absolute Gasteiger partial charge is 0.339 e. The van der Waals surface area contributed by atoms with E-state index in [-0.39, 0.29) is 18.3 Å². The van der Waals surface area contributed by atoms with Crippen LogP contribution in [-0.4, -0.2) is 27.6 Å². The van der Waals surface area contributed by atoms with Crippen LogP contribution < -0.4 is 0 Å². The first kappa shape index (κ1) is 20.8. The molecule has 0 bridgehead atoms. The van der Waals surface area contributed by atoms with Gasteiger partial charge in [0.1, 0.15) is 5.78 Å². The van der Waals surface area contributed by atoms with Crippen molar-refractivity contribution < 1.29 is 18.8 Å². The topological polar surface area (TPSA) is 82.3 Å². The molecule has 0 aliphatic rings. The van der Waals surface area contributed by atoms with Crippen LogP contribution in [0.1, 0.15) is 48.5 Å². The van der Waals surface area contributed by atoms with Gasteiger partial charge in [-0.1, -0.05) is 55.4 Å². The number of hydrogen-bond donors (Lipinski definition) is 0. The maximum Gasteiger partial charge on any atom is 0.339 e. The lowest BCUT2D eigenvalue weighted by Crippen LogP contribution is -2.07. The number of carbonyl (C=O) groups is 2. The zero-order valence-electron chi connectivity index (χ0n) is 16.5. The highest BCUT2D eigenvalue weighted by atomic mass is 32.2. The van der Waals surface area contributed by atoms with Gasteiger partial charge in [-0.2, -0.15) is 4.98 Å². The molecule has 0 spiro atoms. The zero-order valence-corrected chi connectivity index (χ0v) is 17.4. The van der Waals surface area contributed by atoms with Crippen molar-refractivity contribution in [2.75, 3.05) is 5.75 Å². The van der Waals surface area contributed by atoms with Crippen molar-refractivity contribution in [1.29, 1.82) is 0 Å². The highest BCUT2D eigenvalue weighted by Gasteiger charge is 2.16. The van der Waals surface area contributed by atoms with Crippen LogP contribution in [0.2, 0.25) is 0 Å². The molecule has 29 heavy (non-hydrogen) atoms. The van der Waals surface area contributed by atoms with E-state index in [0.717, 1.165) is 5.56 Å². The second-order valence-corrected chi connectivity index (χ2v) is 7.87. The summed E-state index contributed by atoms with van der Waals surface area (Å²) in [7, 11) is 0. The van der Waals surface area contributed by atoms with Crippen LogP contribution in [0.4, 0.5) is 0 Å². The van der Waals surface area contributed by atoms with Crippen LogP contribution in [0.5, 0.6) is 0 Å². The van der Waals surface area contributed by atoms with E-state index in [9.17, 15) is 9.59 Å². The van der Waals surface area contributed by atoms with E-state index in [1.807, 2.05) is 30.3 Å². The fourth-order valence-electron chi connectivity index (χ4n) is 2.59. The predicted molar refractivity (Wildman–Crippen MR) is 111 cm³/mol. The first-order valence-electron chi connectivity index (χ1n) is 9.25. The van der Waals surface area contributed by atoms with Crippen LogP contribution in [0.25, 0.3) is 11.4 Å². The van der Waals surface area contributed by atoms with Gasteiger partial charge in [-0.05, 0) is 30.5 Å². The molecule has 0 radical (unpaired) electrons. The Hall–Kier alpha value is -2.93. The van der Waals surface area contributed by atoms with Gasteiger partial charge in [-0.15, -0.1) is 11.8 Å². The minimum atomic E-state index is -0.502. The van der Waals surface area contributed by atoms with Gasteiger partial charge in [0, 0.05) is 10.5 Å². The Morgan fingerprint density at radius 2 is 1.83 bits per heavy atom. The summed E-state index contributed by atoms with van der Waals surface area (Å²) in [6.07, 6.45) is 0. The lowest BCUT2D eigenvalue weighted by molar-refractivity contribution is -0.114. The second-order valence-electron chi connectivity index (χ2n) is 6.85. The van der Waals surface area contributed by atoms with Crippen LogP contribution in [0.3, 0.4) is 0 Å². The van der Waals surface area contributed by atoms with Crippen molar-refractivity contribution in [3.8, 4) is 11.4 Å². The number of ether oxygens (including phenoxy) is 1. The van der Waals surface area contributed by atoms with E-state index < -0.39 is 5.97 Å². The van der Waals surface area contributed by atoms with Gasteiger partial charge in [-0.3, -0.25) is 4.79 Å². The third-order valence-corrected chi connectivity index (χ3v) is 5.39. The number of rotatable bonds is 8. The predicted octanol–water partition coefficient (Wildman–Crippen LogP) is 4.90. The molecular formula is C22H22N2O4S. The summed E-state index contributed by atoms with van der Waals surface area (Å²) in [4.78, 5) is 28.7. The number of carbonyl (C=O) groups excluding carboxylic acids is 2. The van der Waals surface area contributed by atoms with Gasteiger partial charge in [0.2, 0.25) is 5.82 Å². The molecule has 150 valence electrons. The molecule has 1 aromatic heterocycles. The van der Waals surface area contributed by atoms with Crippen LogP contribution in [0.15, 0.2) is 57.9 Å². The van der Waals surface area contributed by atoms with Crippen molar-refractivity contribution in [1.82, 2.24) is 10.1 Å². The molecule has 0 saturated heterocycles. The van der Waals surface area contributed by atoms with E-state index in [1.54, 1.807) is 18.2 Å². The Bertz CT molecular complexity index is 996. The van der Waals surface area contributed by atoms with Gasteiger partial charge in [0.25, 0.3) is 5.89 Å². The third kappa shape index (κ3) is 5.54. The van der Waals surface area contributed by atoms with Gasteiger partial charge >= 0.3 is 5.97 Å². The number of benzene rings is 2. The quantitative estimate of drug-likeness (QED) is 0.386. The Morgan fingerprint density at radius 3 is 2.52 bits per heavy atom. The number of esters is 1. The monoisotopic (exact) mass is 410 g/mol. The minimum Gasteiger partial charge on any atom is -0.452 e. The molecule has 0 aliphatic heterocycles. The number of aromatic nitrogens is 2. The minimum absolute atomic E-state index is 0.0398. The van der Waals surface area contributed by atoms with Gasteiger partial charge < -0.3 is 9.26 Å². The standard InChI is InChI=1S/C22H22N2O4S/c1-14(2)16-8-10-17(11-9-16)21-23-20(28-24-21)12-27-22(26)18-6-4-5-7-19(18)29-13-15(3)25/h4-11,14H,12-13H2,1-3H3. The van der Waals surface area contributed by atoms with Crippen LogP contribution in [-0.2, 0) is 16.1 Å². The summed E-state index contributed by atoms with van der Waals surface area (Å²) in [6, 6.07) is 15.0. The van der Waals surface area contributed by atoms with Gasteiger partial charge in [0.05, 0.1) is 11.3 Å². The molecule has 0 aliphatic carbocycles. The van der Waals surface area contributed by atoms with E-state index in [0.29, 0.717) is 28.0 Å². The number of Topliss-reactive ketones (excluding diaryl/α,β-unsaturated/α-hetero) is 1. The summed E-state index contributed by atoms with van der Waals surface area (Å²) in [5.41, 5.74) is 2.47. The first-order chi connectivity index (χ1) is 13.9. The van der Waals surface area contributed by atoms with Gasteiger partial charge in [-0.25, -0.2) is 4.79 Å². The molecular weight excluding hydrogens is 388 g/mol. The lowest BCUT2D eigenvalue weighted by atomic mass is 10.0. The van der Waals surface area contributed by atoms with Crippen molar-refractivity contribution >= 4 is 23.5 Å². The highest BCUT2D eigenvalue weighted by molar-refractivity contribution is 8.00. The van der Waals surface area contributed by atoms with E-state index in [2.05, 4.69) is 24.0 Å². The summed E-state index contributed by atoms with van der Waals surface area (Å²) >= 11 is 1.31. The SMILES string of the molecule is CC(=O)CSc1ccccc1C(=O)OCc1nc(-c2ccc(C(C)C)cc2)no1. The first-order valence-corrected chi connectivity index (χ1v) is 10.2. The maximum atomic E-state index is 12.5. The fourth-order valence-corrected chi connectivity index (χ4v) is 3.43. The number of hydrogen-bond acceptors (Lipinski definition) is 7. The van der Waals surface area contributed by atoms with E-state index in [4.69, 9.17) is 9.26 Å². The fraction of sp³-hybridized carbons (Fsp3) is 0.273. The Labute approximate surface area is 173 Å². The Kier molecular flexibility index (Phi) is 6.82. The van der Waals surface area contributed by atoms with Crippen molar-refractivity contribution in [3.05, 3.63) is 65.5 Å². The second kappa shape index (κ2) is 9.52. The average Bonchev–Trinajstić information content (AvgIpc) is 3.20. The third-order valence-electron chi connectivity index (χ3n) is 4.17. The number of thioether (sulfide) groups is 1. The molecule has 0 fully saturated rings. The molecule has 0 saturated carbocycles. The Balaban J connectivity index is 1.64. The van der Waals surface area contributed by atoms with E-state index >= 15 is 0 Å². The molecule has 7 heteroatoms. The normalized spacial score (nSPS) is 10.9.